The number of oxime groups is 1. The van der Waals surface area contributed by atoms with Crippen LogP contribution in [0.4, 0.5) is 5.13 Å². The van der Waals surface area contributed by atoms with Crippen LogP contribution in [0, 0.1) is 5.92 Å². The molecule has 0 aliphatic carbocycles. The van der Waals surface area contributed by atoms with Crippen molar-refractivity contribution in [2.45, 2.75) is 31.9 Å². The summed E-state index contributed by atoms with van der Waals surface area (Å²) < 4.78 is 0. The van der Waals surface area contributed by atoms with Crippen molar-refractivity contribution in [1.29, 1.82) is 0 Å². The van der Waals surface area contributed by atoms with E-state index in [2.05, 4.69) is 15.0 Å². The van der Waals surface area contributed by atoms with Crippen molar-refractivity contribution >= 4 is 45.6 Å². The molecule has 31 heavy (non-hydrogen) atoms. The van der Waals surface area contributed by atoms with Gasteiger partial charge in [0.2, 0.25) is 6.61 Å². The highest BCUT2D eigenvalue weighted by atomic mass is 32.1. The van der Waals surface area contributed by atoms with E-state index >= 15 is 0 Å². The number of aliphatic carboxylic acids is 1. The number of nitrogens with zero attached hydrogens (tertiary/aromatic N) is 3. The molecule has 5 N–H and O–H groups in total. The molecule has 2 unspecified atom stereocenters. The molecular formula is C17H22N4O9S. The molecule has 0 spiro atoms. The molecule has 1 saturated heterocycles. The van der Waals surface area contributed by atoms with Crippen molar-refractivity contribution < 1.29 is 44.2 Å². The van der Waals surface area contributed by atoms with Gasteiger partial charge in [-0.1, -0.05) is 5.16 Å². The number of aliphatic hydroxyl groups excluding tert-OH is 2. The fraction of sp³-hybridized carbons (Fsp3) is 0.529. The Hall–Kier alpha value is -2.94. The van der Waals surface area contributed by atoms with Crippen molar-refractivity contribution in [3.8, 4) is 0 Å². The minimum atomic E-state index is -1.36. The standard InChI is InChI=1S/C17H22N4O9S/c1-8(24)12(4-22)30-21-15(28)9(17(21,2)7-23)3-11(25)14(20-29-5-13(26)27)10-6-31-16(18)19-10/h6,9,12,22-23H,3-5,7H2,1-2H3,(H2,18,19)(H,26,27)/b20-14-/t9-,12?,17?/m1/s1. The Bertz CT molecular complexity index is 902. The second-order valence-electron chi connectivity index (χ2n) is 6.89. The molecule has 1 aromatic heterocycles. The number of amides is 1. The summed E-state index contributed by atoms with van der Waals surface area (Å²) in [5.41, 5.74) is 3.92. The maximum atomic E-state index is 12.9. The summed E-state index contributed by atoms with van der Waals surface area (Å²) in [5, 5.41) is 33.6. The van der Waals surface area contributed by atoms with Crippen LogP contribution in [0.2, 0.25) is 0 Å². The van der Waals surface area contributed by atoms with Crippen LogP contribution in [0.25, 0.3) is 0 Å². The van der Waals surface area contributed by atoms with Gasteiger partial charge < -0.3 is 25.9 Å². The molecule has 13 nitrogen and oxygen atoms in total. The van der Waals surface area contributed by atoms with E-state index in [1.165, 1.54) is 19.2 Å². The van der Waals surface area contributed by atoms with Crippen LogP contribution >= 0.6 is 11.3 Å². The molecule has 1 fully saturated rings. The Balaban J connectivity index is 2.21. The van der Waals surface area contributed by atoms with Crippen molar-refractivity contribution in [1.82, 2.24) is 10.0 Å². The normalized spacial score (nSPS) is 22.1. The van der Waals surface area contributed by atoms with Crippen LogP contribution in [0.1, 0.15) is 26.0 Å². The molecule has 0 bridgehead atoms. The van der Waals surface area contributed by atoms with Crippen molar-refractivity contribution in [3.63, 3.8) is 0 Å². The largest absolute Gasteiger partial charge is 0.479 e. The second kappa shape index (κ2) is 9.91. The van der Waals surface area contributed by atoms with Gasteiger partial charge in [-0.15, -0.1) is 11.3 Å². The molecule has 1 amide bonds. The fourth-order valence-corrected chi connectivity index (χ4v) is 3.37. The number of aromatic nitrogens is 1. The Morgan fingerprint density at radius 3 is 2.58 bits per heavy atom. The predicted molar refractivity (Wildman–Crippen MR) is 105 cm³/mol. The molecule has 1 aliphatic heterocycles. The lowest BCUT2D eigenvalue weighted by Crippen LogP contribution is -2.72. The summed E-state index contributed by atoms with van der Waals surface area (Å²) in [4.78, 5) is 61.4. The average Bonchev–Trinajstić information content (AvgIpc) is 3.14. The zero-order valence-electron chi connectivity index (χ0n) is 16.7. The minimum absolute atomic E-state index is 0.0420. The molecule has 2 heterocycles. The van der Waals surface area contributed by atoms with E-state index in [1.54, 1.807) is 0 Å². The van der Waals surface area contributed by atoms with Crippen molar-refractivity contribution in [2.75, 3.05) is 25.6 Å². The molecule has 0 aromatic carbocycles. The zero-order chi connectivity index (χ0) is 23.3. The molecular weight excluding hydrogens is 436 g/mol. The number of carboxylic acid groups (broad SMARTS) is 1. The highest BCUT2D eigenvalue weighted by Crippen LogP contribution is 2.40. The van der Waals surface area contributed by atoms with Gasteiger partial charge >= 0.3 is 5.97 Å². The lowest BCUT2D eigenvalue weighted by atomic mass is 9.73. The summed E-state index contributed by atoms with van der Waals surface area (Å²) >= 11 is 1.02. The Kier molecular flexibility index (Phi) is 7.78. The number of Topliss-reactive ketones (excluding diaryl/α,β-unsaturated/α-hetero) is 2. The second-order valence-corrected chi connectivity index (χ2v) is 7.78. The van der Waals surface area contributed by atoms with E-state index in [4.69, 9.17) is 15.7 Å². The number of nitrogens with two attached hydrogens (primary N) is 1. The SMILES string of the molecule is CC(=O)C(CO)ON1C(=O)[C@@H](CC(=O)/C(=N\OCC(=O)O)c2csc(N)n2)C1(C)CO. The van der Waals surface area contributed by atoms with Crippen LogP contribution in [0.3, 0.4) is 0 Å². The van der Waals surface area contributed by atoms with Gasteiger partial charge in [-0.05, 0) is 13.8 Å². The van der Waals surface area contributed by atoms with Gasteiger partial charge in [0.05, 0.1) is 19.1 Å². The molecule has 14 heteroatoms. The first-order valence-corrected chi connectivity index (χ1v) is 9.82. The van der Waals surface area contributed by atoms with Gasteiger partial charge in [0.1, 0.15) is 11.2 Å². The number of carbonyl (C=O) groups is 4. The van der Waals surface area contributed by atoms with E-state index in [0.717, 1.165) is 16.4 Å². The Morgan fingerprint density at radius 1 is 1.42 bits per heavy atom. The molecule has 2 rings (SSSR count). The quantitative estimate of drug-likeness (QED) is 0.163. The molecule has 170 valence electrons. The number of carbonyl (C=O) groups excluding carboxylic acids is 3. The van der Waals surface area contributed by atoms with Gasteiger partial charge in [0.25, 0.3) is 5.91 Å². The van der Waals surface area contributed by atoms with Gasteiger partial charge in [-0.3, -0.25) is 19.2 Å². The Morgan fingerprint density at radius 2 is 2.10 bits per heavy atom. The third kappa shape index (κ3) is 5.22. The Labute approximate surface area is 180 Å². The molecule has 0 radical (unpaired) electrons. The van der Waals surface area contributed by atoms with E-state index < -0.39 is 67.2 Å². The van der Waals surface area contributed by atoms with Crippen LogP contribution in [0.15, 0.2) is 10.5 Å². The van der Waals surface area contributed by atoms with Gasteiger partial charge in [0.15, 0.2) is 28.5 Å². The molecule has 1 aromatic rings. The number of hydrogen-bond donors (Lipinski definition) is 4. The molecule has 1 aliphatic rings. The first-order valence-electron chi connectivity index (χ1n) is 8.94. The number of β-lactam (4-membered cyclic amide) rings is 1. The maximum absolute atomic E-state index is 12.9. The number of nitrogen functional groups attached to an aromatic ring is 1. The summed E-state index contributed by atoms with van der Waals surface area (Å²) in [6.07, 6.45) is -1.74. The fourth-order valence-electron chi connectivity index (χ4n) is 2.82. The summed E-state index contributed by atoms with van der Waals surface area (Å²) in [7, 11) is 0. The number of hydrogen-bond acceptors (Lipinski definition) is 12. The van der Waals surface area contributed by atoms with E-state index in [1.807, 2.05) is 0 Å². The van der Waals surface area contributed by atoms with E-state index in [-0.39, 0.29) is 16.5 Å². The maximum Gasteiger partial charge on any atom is 0.344 e. The number of aliphatic hydroxyl groups is 2. The number of carboxylic acids is 1. The van der Waals surface area contributed by atoms with E-state index in [9.17, 15) is 29.4 Å². The third-order valence-electron chi connectivity index (χ3n) is 4.65. The third-order valence-corrected chi connectivity index (χ3v) is 5.32. The molecule has 3 atom stereocenters. The summed E-state index contributed by atoms with van der Waals surface area (Å²) in [6.45, 7) is 0.537. The first kappa shape index (κ1) is 24.3. The number of hydroxylamine groups is 2. The van der Waals surface area contributed by atoms with Crippen molar-refractivity contribution in [2.24, 2.45) is 11.1 Å². The van der Waals surface area contributed by atoms with Gasteiger partial charge in [-0.2, -0.15) is 0 Å². The summed E-state index contributed by atoms with van der Waals surface area (Å²) in [6, 6.07) is 0. The van der Waals surface area contributed by atoms with Crippen LogP contribution in [-0.4, -0.2) is 86.0 Å². The first-order chi connectivity index (χ1) is 14.5. The van der Waals surface area contributed by atoms with E-state index in [0.29, 0.717) is 0 Å². The lowest BCUT2D eigenvalue weighted by molar-refractivity contribution is -0.294. The van der Waals surface area contributed by atoms with Crippen LogP contribution in [0.5, 0.6) is 0 Å². The highest BCUT2D eigenvalue weighted by Gasteiger charge is 2.59. The number of thiazole rings is 1. The topological polar surface area (TPSA) is 202 Å². The van der Waals surface area contributed by atoms with Gasteiger partial charge in [-0.25, -0.2) is 14.8 Å². The number of rotatable bonds is 12. The van der Waals surface area contributed by atoms with Gasteiger partial charge in [0, 0.05) is 11.8 Å². The lowest BCUT2D eigenvalue weighted by Gasteiger charge is -2.53. The zero-order valence-corrected chi connectivity index (χ0v) is 17.5. The number of anilines is 1. The van der Waals surface area contributed by atoms with Crippen LogP contribution in [-0.2, 0) is 28.9 Å². The smallest absolute Gasteiger partial charge is 0.344 e. The summed E-state index contributed by atoms with van der Waals surface area (Å²) in [5.74, 6) is -4.28. The van der Waals surface area contributed by atoms with Crippen LogP contribution < -0.4 is 5.73 Å². The highest BCUT2D eigenvalue weighted by molar-refractivity contribution is 7.13. The predicted octanol–water partition coefficient (Wildman–Crippen LogP) is -1.42. The average molecular weight is 458 g/mol. The number of ketones is 2. The van der Waals surface area contributed by atoms with Crippen molar-refractivity contribution in [3.05, 3.63) is 11.1 Å². The monoisotopic (exact) mass is 458 g/mol. The molecule has 0 saturated carbocycles. The minimum Gasteiger partial charge on any atom is -0.479 e.